The highest BCUT2D eigenvalue weighted by Gasteiger charge is 2.43. The van der Waals surface area contributed by atoms with Crippen LogP contribution >= 0.6 is 0 Å². The van der Waals surface area contributed by atoms with Crippen molar-refractivity contribution in [1.29, 1.82) is 0 Å². The molecular formula is C48H54N10O6. The third kappa shape index (κ3) is 8.23. The first-order chi connectivity index (χ1) is 30.4. The lowest BCUT2D eigenvalue weighted by Crippen LogP contribution is -2.29. The Balaban J connectivity index is 0.000000162. The summed E-state index contributed by atoms with van der Waals surface area (Å²) in [5.41, 5.74) is 14.3. The van der Waals surface area contributed by atoms with Gasteiger partial charge in [-0.3, -0.25) is 0 Å². The molecule has 6 aromatic heterocycles. The van der Waals surface area contributed by atoms with Gasteiger partial charge in [0, 0.05) is 35.9 Å². The third-order valence-corrected chi connectivity index (χ3v) is 12.2. The first-order valence-corrected chi connectivity index (χ1v) is 21.9. The average molecular weight is 867 g/mol. The zero-order chi connectivity index (χ0) is 45.3. The molecule has 0 bridgehead atoms. The van der Waals surface area contributed by atoms with Gasteiger partial charge in [0.1, 0.15) is 46.9 Å². The normalized spacial score (nSPS) is 20.2. The first kappa shape index (κ1) is 42.8. The van der Waals surface area contributed by atoms with Crippen molar-refractivity contribution >= 4 is 56.8 Å². The van der Waals surface area contributed by atoms with Crippen LogP contribution < -0.4 is 31.6 Å². The van der Waals surface area contributed by atoms with E-state index < -0.39 is 22.3 Å². The van der Waals surface area contributed by atoms with Crippen LogP contribution in [0.25, 0.3) is 21.5 Å². The van der Waals surface area contributed by atoms with Crippen LogP contribution in [0, 0.1) is 0 Å². The molecule has 10 rings (SSSR count). The predicted molar refractivity (Wildman–Crippen MR) is 242 cm³/mol. The maximum Gasteiger partial charge on any atom is 0.341 e. The molecule has 64 heavy (non-hydrogen) atoms. The number of nitrogens with one attached hydrogen (secondary N) is 2. The number of aromatic nitrogens is 6. The van der Waals surface area contributed by atoms with E-state index in [-0.39, 0.29) is 24.1 Å². The molecule has 0 amide bonds. The lowest BCUT2D eigenvalue weighted by molar-refractivity contribution is -0.00314. The number of carbonyl (C=O) groups is 2. The summed E-state index contributed by atoms with van der Waals surface area (Å²) in [5.74, 6) is 2.90. The second-order valence-electron chi connectivity index (χ2n) is 18.6. The fourth-order valence-corrected chi connectivity index (χ4v) is 7.81. The maximum atomic E-state index is 12.2. The Morgan fingerprint density at radius 1 is 0.609 bits per heavy atom. The molecule has 0 radical (unpaired) electrons. The average Bonchev–Trinajstić information content (AvgIpc) is 4.20. The highest BCUT2D eigenvalue weighted by molar-refractivity contribution is 5.96. The number of nitrogens with zero attached hydrogens (tertiary/aromatic N) is 6. The molecule has 16 nitrogen and oxygen atoms in total. The van der Waals surface area contributed by atoms with E-state index in [0.717, 1.165) is 58.4 Å². The van der Waals surface area contributed by atoms with Crippen LogP contribution in [0.3, 0.4) is 0 Å². The SMILES string of the molecule is CC[C@@]1(C)OC(=O)c2ccc(Nc3cc4c(C(C)(C)N)cnc(OC5CC5)c4cn3)nc21.CC[C@]1(C)OC(=O)c2ccc(Nc3cc4c(C(C)(C)N)cnc(OC5CC5)c4cn3)nc21. The molecule has 0 spiro atoms. The summed E-state index contributed by atoms with van der Waals surface area (Å²) >= 11 is 0. The van der Waals surface area contributed by atoms with Gasteiger partial charge in [-0.25, -0.2) is 39.5 Å². The van der Waals surface area contributed by atoms with Crippen molar-refractivity contribution in [3.8, 4) is 11.8 Å². The first-order valence-electron chi connectivity index (χ1n) is 21.9. The van der Waals surface area contributed by atoms with Gasteiger partial charge < -0.3 is 41.0 Å². The van der Waals surface area contributed by atoms with Crippen LogP contribution in [0.4, 0.5) is 23.3 Å². The monoisotopic (exact) mass is 866 g/mol. The van der Waals surface area contributed by atoms with E-state index in [9.17, 15) is 9.59 Å². The van der Waals surface area contributed by atoms with Gasteiger partial charge >= 0.3 is 11.9 Å². The summed E-state index contributed by atoms with van der Waals surface area (Å²) < 4.78 is 23.1. The number of anilines is 4. The number of carbonyl (C=O) groups excluding carboxylic acids is 2. The van der Waals surface area contributed by atoms with Crippen LogP contribution in [0.5, 0.6) is 11.8 Å². The van der Waals surface area contributed by atoms with Crippen molar-refractivity contribution in [2.24, 2.45) is 11.5 Å². The van der Waals surface area contributed by atoms with Crippen molar-refractivity contribution < 1.29 is 28.5 Å². The highest BCUT2D eigenvalue weighted by atomic mass is 16.6. The number of cyclic esters (lactones) is 2. The number of nitrogens with two attached hydrogens (primary N) is 2. The van der Waals surface area contributed by atoms with E-state index in [1.165, 1.54) is 0 Å². The van der Waals surface area contributed by atoms with Crippen molar-refractivity contribution in [2.45, 2.75) is 128 Å². The maximum absolute atomic E-state index is 12.2. The van der Waals surface area contributed by atoms with Gasteiger partial charge in [0.15, 0.2) is 11.2 Å². The van der Waals surface area contributed by atoms with Crippen LogP contribution in [0.2, 0.25) is 0 Å². The summed E-state index contributed by atoms with van der Waals surface area (Å²) in [7, 11) is 0. The van der Waals surface area contributed by atoms with E-state index in [1.807, 2.05) is 67.5 Å². The second-order valence-corrected chi connectivity index (χ2v) is 18.6. The zero-order valence-corrected chi connectivity index (χ0v) is 37.5. The number of ether oxygens (including phenoxy) is 4. The van der Waals surface area contributed by atoms with Crippen molar-refractivity contribution in [1.82, 2.24) is 29.9 Å². The summed E-state index contributed by atoms with van der Waals surface area (Å²) in [6, 6.07) is 10.9. The predicted octanol–water partition coefficient (Wildman–Crippen LogP) is 8.60. The minimum absolute atomic E-state index is 0.230. The number of esters is 2. The van der Waals surface area contributed by atoms with Gasteiger partial charge in [0.2, 0.25) is 11.8 Å². The zero-order valence-electron chi connectivity index (χ0n) is 37.5. The molecule has 4 aliphatic rings. The fraction of sp³-hybridized carbons (Fsp3) is 0.417. The summed E-state index contributed by atoms with van der Waals surface area (Å²) in [6.07, 6.45) is 13.0. The molecule has 2 aliphatic carbocycles. The number of fused-ring (bicyclic) bond motifs is 4. The molecule has 2 aliphatic heterocycles. The Morgan fingerprint density at radius 2 is 1.00 bits per heavy atom. The molecule has 6 aromatic rings. The van der Waals surface area contributed by atoms with Crippen LogP contribution in [0.1, 0.15) is 137 Å². The Bertz CT molecular complexity index is 2660. The fourth-order valence-electron chi connectivity index (χ4n) is 7.81. The van der Waals surface area contributed by atoms with Crippen LogP contribution in [-0.4, -0.2) is 54.1 Å². The molecule has 2 fully saturated rings. The second kappa shape index (κ2) is 15.6. The minimum atomic E-state index is -0.724. The molecular weight excluding hydrogens is 813 g/mol. The molecule has 332 valence electrons. The number of hydrogen-bond donors (Lipinski definition) is 4. The van der Waals surface area contributed by atoms with Crippen molar-refractivity contribution in [2.75, 3.05) is 10.6 Å². The summed E-state index contributed by atoms with van der Waals surface area (Å²) in [6.45, 7) is 15.5. The molecule has 0 saturated heterocycles. The molecule has 16 heteroatoms. The highest BCUT2D eigenvalue weighted by Crippen LogP contribution is 2.41. The molecule has 0 unspecified atom stereocenters. The molecule has 0 aromatic carbocycles. The molecule has 2 saturated carbocycles. The van der Waals surface area contributed by atoms with Gasteiger partial charge in [-0.1, -0.05) is 13.8 Å². The standard InChI is InChI=1S/2C24H27N5O3/c2*1-5-24(4)20-14(22(30)32-24)8-9-18(29-20)28-19-10-15-16(11-26-19)21(31-13-6-7-13)27-12-17(15)23(2,3)25/h2*8-13H,5-7,25H2,1-4H3,(H,26,28,29)/t2*24-/m10/s1. The Morgan fingerprint density at radius 3 is 1.34 bits per heavy atom. The number of pyridine rings is 6. The van der Waals surface area contributed by atoms with Crippen LogP contribution in [0.15, 0.2) is 61.2 Å². The topological polar surface area (TPSA) is 224 Å². The van der Waals surface area contributed by atoms with E-state index in [2.05, 4.69) is 40.5 Å². The smallest absolute Gasteiger partial charge is 0.341 e. The number of rotatable bonds is 12. The molecule has 8 heterocycles. The quantitative estimate of drug-likeness (QED) is 0.0845. The van der Waals surface area contributed by atoms with Gasteiger partial charge in [-0.15, -0.1) is 0 Å². The van der Waals surface area contributed by atoms with E-state index >= 15 is 0 Å². The summed E-state index contributed by atoms with van der Waals surface area (Å²) in [4.78, 5) is 51.9. The summed E-state index contributed by atoms with van der Waals surface area (Å²) in [5, 5.41) is 10.0. The van der Waals surface area contributed by atoms with E-state index in [4.69, 9.17) is 30.4 Å². The lowest BCUT2D eigenvalue weighted by atomic mass is 9.93. The van der Waals surface area contributed by atoms with Crippen molar-refractivity contribution in [3.63, 3.8) is 0 Å². The van der Waals surface area contributed by atoms with Gasteiger partial charge in [0.25, 0.3) is 0 Å². The Labute approximate surface area is 371 Å². The van der Waals surface area contributed by atoms with Gasteiger partial charge in [0.05, 0.1) is 21.9 Å². The molecule has 2 atom stereocenters. The third-order valence-electron chi connectivity index (χ3n) is 12.2. The van der Waals surface area contributed by atoms with Gasteiger partial charge in [-0.2, -0.15) is 0 Å². The van der Waals surface area contributed by atoms with Crippen molar-refractivity contribution in [3.05, 3.63) is 94.8 Å². The van der Waals surface area contributed by atoms with E-state index in [1.54, 1.807) is 49.1 Å². The van der Waals surface area contributed by atoms with Crippen LogP contribution in [-0.2, 0) is 31.8 Å². The lowest BCUT2D eigenvalue weighted by Gasteiger charge is -2.22. The largest absolute Gasteiger partial charge is 0.474 e. The Hall–Kier alpha value is -6.52. The minimum Gasteiger partial charge on any atom is -0.474 e. The molecule has 6 N–H and O–H groups in total. The Kier molecular flexibility index (Phi) is 10.4. The van der Waals surface area contributed by atoms with E-state index in [0.29, 0.717) is 70.4 Å². The number of hydrogen-bond acceptors (Lipinski definition) is 16. The van der Waals surface area contributed by atoms with Gasteiger partial charge in [-0.05, 0) is 138 Å².